The zero-order valence-corrected chi connectivity index (χ0v) is 18.0. The molecule has 158 valence electrons. The molecule has 0 atom stereocenters. The maximum Gasteiger partial charge on any atom is 0.0478 e. The molecule has 0 aromatic heterocycles. The average molecular weight is 371 g/mol. The van der Waals surface area contributed by atoms with Crippen molar-refractivity contribution in [2.75, 3.05) is 32.8 Å². The van der Waals surface area contributed by atoms with Gasteiger partial charge < -0.3 is 15.8 Å². The first-order valence-electron chi connectivity index (χ1n) is 11.9. The number of ether oxygens (including phenoxy) is 1. The highest BCUT2D eigenvalue weighted by Gasteiger charge is 1.95. The van der Waals surface area contributed by atoms with E-state index in [-0.39, 0.29) is 0 Å². The number of rotatable bonds is 23. The first-order valence-corrected chi connectivity index (χ1v) is 11.9. The highest BCUT2D eigenvalue weighted by molar-refractivity contribution is 4.50. The third-order valence-corrected chi connectivity index (χ3v) is 5.11. The lowest BCUT2D eigenvalue weighted by Gasteiger charge is -2.05. The molecule has 0 spiro atoms. The van der Waals surface area contributed by atoms with Gasteiger partial charge >= 0.3 is 0 Å². The fourth-order valence-electron chi connectivity index (χ4n) is 3.38. The van der Waals surface area contributed by atoms with Crippen molar-refractivity contribution in [2.45, 2.75) is 116 Å². The fraction of sp³-hybridized carbons (Fsp3) is 1.00. The zero-order chi connectivity index (χ0) is 19.0. The number of hydrogen-bond donors (Lipinski definition) is 2. The minimum atomic E-state index is 0.722. The largest absolute Gasteiger partial charge is 0.381 e. The predicted molar refractivity (Wildman–Crippen MR) is 117 cm³/mol. The molecule has 0 aliphatic rings. The highest BCUT2D eigenvalue weighted by atomic mass is 16.5. The van der Waals surface area contributed by atoms with E-state index in [1.54, 1.807) is 0 Å². The Balaban J connectivity index is 2.95. The van der Waals surface area contributed by atoms with Crippen LogP contribution in [0, 0.1) is 0 Å². The Morgan fingerprint density at radius 3 is 1.42 bits per heavy atom. The van der Waals surface area contributed by atoms with E-state index in [2.05, 4.69) is 12.2 Å². The molecule has 0 unspecified atom stereocenters. The Kier molecular flexibility index (Phi) is 24.8. The van der Waals surface area contributed by atoms with E-state index < -0.39 is 0 Å². The molecule has 0 saturated carbocycles. The molecule has 3 N–H and O–H groups in total. The van der Waals surface area contributed by atoms with Gasteiger partial charge in [-0.15, -0.1) is 0 Å². The van der Waals surface area contributed by atoms with E-state index in [9.17, 15) is 0 Å². The van der Waals surface area contributed by atoms with Gasteiger partial charge in [-0.2, -0.15) is 0 Å². The first-order chi connectivity index (χ1) is 12.9. The van der Waals surface area contributed by atoms with Crippen molar-refractivity contribution in [3.8, 4) is 0 Å². The normalized spacial score (nSPS) is 11.3. The number of unbranched alkanes of at least 4 members (excludes halogenated alkanes) is 15. The highest BCUT2D eigenvalue weighted by Crippen LogP contribution is 2.13. The van der Waals surface area contributed by atoms with Crippen LogP contribution in [-0.4, -0.2) is 32.8 Å². The molecular weight excluding hydrogens is 320 g/mol. The van der Waals surface area contributed by atoms with Crippen LogP contribution >= 0.6 is 0 Å². The molecule has 0 aliphatic heterocycles. The van der Waals surface area contributed by atoms with E-state index in [0.29, 0.717) is 0 Å². The van der Waals surface area contributed by atoms with Gasteiger partial charge in [0, 0.05) is 26.3 Å². The lowest BCUT2D eigenvalue weighted by atomic mass is 10.0. The summed E-state index contributed by atoms with van der Waals surface area (Å²) in [4.78, 5) is 0. The molecule has 0 radical (unpaired) electrons. The van der Waals surface area contributed by atoms with E-state index >= 15 is 0 Å². The summed E-state index contributed by atoms with van der Waals surface area (Å²) in [6, 6.07) is 0. The van der Waals surface area contributed by atoms with Crippen LogP contribution in [0.5, 0.6) is 0 Å². The van der Waals surface area contributed by atoms with Gasteiger partial charge in [-0.1, -0.05) is 103 Å². The maximum absolute atomic E-state index is 5.66. The van der Waals surface area contributed by atoms with Gasteiger partial charge in [-0.25, -0.2) is 0 Å². The van der Waals surface area contributed by atoms with Crippen molar-refractivity contribution in [3.63, 3.8) is 0 Å². The van der Waals surface area contributed by atoms with Crippen LogP contribution in [0.3, 0.4) is 0 Å². The smallest absolute Gasteiger partial charge is 0.0478 e. The van der Waals surface area contributed by atoms with Crippen molar-refractivity contribution >= 4 is 0 Å². The second kappa shape index (κ2) is 24.9. The minimum Gasteiger partial charge on any atom is -0.381 e. The summed E-state index contributed by atoms with van der Waals surface area (Å²) >= 11 is 0. The van der Waals surface area contributed by atoms with Crippen molar-refractivity contribution in [1.29, 1.82) is 0 Å². The molecule has 26 heavy (non-hydrogen) atoms. The Hall–Kier alpha value is -0.120. The van der Waals surface area contributed by atoms with E-state index in [1.807, 2.05) is 0 Å². The number of hydrogen-bond acceptors (Lipinski definition) is 3. The lowest BCUT2D eigenvalue weighted by molar-refractivity contribution is 0.127. The van der Waals surface area contributed by atoms with Gasteiger partial charge in [0.25, 0.3) is 0 Å². The van der Waals surface area contributed by atoms with E-state index in [1.165, 1.54) is 103 Å². The first kappa shape index (κ1) is 25.9. The van der Waals surface area contributed by atoms with Gasteiger partial charge in [0.15, 0.2) is 0 Å². The molecule has 3 heteroatoms. The van der Waals surface area contributed by atoms with Gasteiger partial charge in [0.1, 0.15) is 0 Å². The molecule has 0 fully saturated rings. The molecule has 0 aromatic rings. The van der Waals surface area contributed by atoms with Crippen LogP contribution in [0.15, 0.2) is 0 Å². The standard InChI is InChI=1S/C23H50N2O/c1-2-3-4-5-6-7-8-9-10-11-12-13-14-15-16-17-22-26-23-18-20-25-21-19-24/h25H,2-24H2,1H3. The number of nitrogens with one attached hydrogen (secondary N) is 1. The Morgan fingerprint density at radius 2 is 0.962 bits per heavy atom. The molecule has 0 rings (SSSR count). The lowest BCUT2D eigenvalue weighted by Crippen LogP contribution is -2.24. The van der Waals surface area contributed by atoms with Crippen molar-refractivity contribution in [2.24, 2.45) is 5.73 Å². The topological polar surface area (TPSA) is 47.3 Å². The number of nitrogens with two attached hydrogens (primary N) is 1. The summed E-state index contributed by atoms with van der Waals surface area (Å²) in [6.45, 7) is 6.78. The summed E-state index contributed by atoms with van der Waals surface area (Å²) in [5, 5.41) is 3.29. The van der Waals surface area contributed by atoms with Crippen LogP contribution in [0.25, 0.3) is 0 Å². The molecule has 0 heterocycles. The molecule has 0 saturated heterocycles. The predicted octanol–water partition coefficient (Wildman–Crippen LogP) is 6.20. The molecular formula is C23H50N2O. The van der Waals surface area contributed by atoms with E-state index in [0.717, 1.165) is 39.3 Å². The van der Waals surface area contributed by atoms with Crippen LogP contribution in [-0.2, 0) is 4.74 Å². The van der Waals surface area contributed by atoms with Crippen molar-refractivity contribution < 1.29 is 4.74 Å². The second-order valence-electron chi connectivity index (χ2n) is 7.81. The summed E-state index contributed by atoms with van der Waals surface area (Å²) in [7, 11) is 0. The molecule has 0 aromatic carbocycles. The maximum atomic E-state index is 5.66. The molecule has 0 amide bonds. The third kappa shape index (κ3) is 23.9. The van der Waals surface area contributed by atoms with Gasteiger partial charge in [0.2, 0.25) is 0 Å². The van der Waals surface area contributed by atoms with Gasteiger partial charge in [-0.05, 0) is 19.4 Å². The summed E-state index contributed by atoms with van der Waals surface area (Å²) in [6.07, 6.45) is 23.8. The van der Waals surface area contributed by atoms with Gasteiger partial charge in [-0.3, -0.25) is 0 Å². The van der Waals surface area contributed by atoms with Crippen LogP contribution in [0.2, 0.25) is 0 Å². The monoisotopic (exact) mass is 370 g/mol. The summed E-state index contributed by atoms with van der Waals surface area (Å²) in [5.74, 6) is 0. The average Bonchev–Trinajstić information content (AvgIpc) is 2.66. The fourth-order valence-corrected chi connectivity index (χ4v) is 3.38. The van der Waals surface area contributed by atoms with Gasteiger partial charge in [0.05, 0.1) is 0 Å². The Morgan fingerprint density at radius 1 is 0.538 bits per heavy atom. The Bertz CT molecular complexity index is 212. The van der Waals surface area contributed by atoms with Crippen molar-refractivity contribution in [3.05, 3.63) is 0 Å². The molecule has 0 bridgehead atoms. The SMILES string of the molecule is CCCCCCCCCCCCCCCCCCOCCCNCCN. The third-order valence-electron chi connectivity index (χ3n) is 5.11. The van der Waals surface area contributed by atoms with Crippen LogP contribution < -0.4 is 11.1 Å². The summed E-state index contributed by atoms with van der Waals surface area (Å²) < 4.78 is 5.66. The van der Waals surface area contributed by atoms with Crippen LogP contribution in [0.1, 0.15) is 116 Å². The molecule has 0 aliphatic carbocycles. The Labute approximate surface area is 165 Å². The quantitative estimate of drug-likeness (QED) is 0.210. The minimum absolute atomic E-state index is 0.722. The van der Waals surface area contributed by atoms with Crippen LogP contribution in [0.4, 0.5) is 0 Å². The summed E-state index contributed by atoms with van der Waals surface area (Å²) in [5.41, 5.74) is 5.42. The van der Waals surface area contributed by atoms with E-state index in [4.69, 9.17) is 10.5 Å². The second-order valence-corrected chi connectivity index (χ2v) is 7.81. The van der Waals surface area contributed by atoms with Crippen molar-refractivity contribution in [1.82, 2.24) is 5.32 Å². The zero-order valence-electron chi connectivity index (χ0n) is 18.0. The molecule has 3 nitrogen and oxygen atoms in total.